The molecule has 2 aromatic rings. The van der Waals surface area contributed by atoms with Crippen LogP contribution >= 0.6 is 0 Å². The van der Waals surface area contributed by atoms with E-state index in [1.807, 2.05) is 30.8 Å². The number of furan rings is 1. The van der Waals surface area contributed by atoms with Crippen molar-refractivity contribution in [1.82, 2.24) is 9.78 Å². The van der Waals surface area contributed by atoms with Gasteiger partial charge in [-0.2, -0.15) is 5.10 Å². The lowest BCUT2D eigenvalue weighted by molar-refractivity contribution is 0.505. The van der Waals surface area contributed by atoms with E-state index >= 15 is 0 Å². The number of hydrogen-bond acceptors (Lipinski definition) is 3. The van der Waals surface area contributed by atoms with E-state index in [-0.39, 0.29) is 0 Å². The minimum Gasteiger partial charge on any atom is -0.466 e. The summed E-state index contributed by atoms with van der Waals surface area (Å²) in [7, 11) is 0. The number of nitrogen functional groups attached to an aromatic ring is 1. The maximum absolute atomic E-state index is 5.96. The monoisotopic (exact) mass is 219 g/mol. The van der Waals surface area contributed by atoms with E-state index in [0.717, 1.165) is 35.7 Å². The molecular formula is C12H17N3O. The summed E-state index contributed by atoms with van der Waals surface area (Å²) >= 11 is 0. The molecule has 0 aliphatic heterocycles. The first-order valence-electron chi connectivity index (χ1n) is 5.52. The third kappa shape index (κ3) is 1.83. The molecule has 2 aromatic heterocycles. The Morgan fingerprint density at radius 3 is 2.75 bits per heavy atom. The lowest BCUT2D eigenvalue weighted by atomic mass is 10.1. The van der Waals surface area contributed by atoms with Gasteiger partial charge in [0.15, 0.2) is 0 Å². The number of nitrogens with zero attached hydrogens (tertiary/aromatic N) is 2. The molecular weight excluding hydrogens is 202 g/mol. The number of aromatic nitrogens is 2. The molecule has 0 aliphatic carbocycles. The lowest BCUT2D eigenvalue weighted by Crippen LogP contribution is -1.96. The van der Waals surface area contributed by atoms with Crippen LogP contribution < -0.4 is 5.73 Å². The van der Waals surface area contributed by atoms with E-state index in [0.29, 0.717) is 5.69 Å². The van der Waals surface area contributed by atoms with Gasteiger partial charge in [-0.05, 0) is 26.3 Å². The zero-order chi connectivity index (χ0) is 11.7. The molecule has 0 saturated heterocycles. The van der Waals surface area contributed by atoms with E-state index in [4.69, 9.17) is 10.2 Å². The molecule has 2 heterocycles. The summed E-state index contributed by atoms with van der Waals surface area (Å²) in [6.07, 6.45) is 2.92. The largest absolute Gasteiger partial charge is 0.466 e. The molecule has 16 heavy (non-hydrogen) atoms. The first-order valence-corrected chi connectivity index (χ1v) is 5.52. The Bertz CT molecular complexity index is 496. The predicted molar refractivity (Wildman–Crippen MR) is 64.1 cm³/mol. The van der Waals surface area contributed by atoms with Crippen molar-refractivity contribution in [3.8, 4) is 11.3 Å². The number of hydrogen-bond donors (Lipinski definition) is 1. The zero-order valence-electron chi connectivity index (χ0n) is 9.95. The molecule has 2 N–H and O–H groups in total. The number of anilines is 1. The van der Waals surface area contributed by atoms with Crippen molar-refractivity contribution in [3.63, 3.8) is 0 Å². The normalized spacial score (nSPS) is 10.9. The van der Waals surface area contributed by atoms with Crippen LogP contribution in [0.25, 0.3) is 11.3 Å². The van der Waals surface area contributed by atoms with Gasteiger partial charge in [0.05, 0.1) is 5.69 Å². The average Bonchev–Trinajstić information content (AvgIpc) is 2.70. The van der Waals surface area contributed by atoms with Crippen LogP contribution in [0.2, 0.25) is 0 Å². The van der Waals surface area contributed by atoms with Gasteiger partial charge in [0.25, 0.3) is 0 Å². The smallest absolute Gasteiger partial charge is 0.119 e. The molecule has 0 atom stereocenters. The Morgan fingerprint density at radius 2 is 2.19 bits per heavy atom. The molecule has 0 aliphatic rings. The number of aryl methyl sites for hydroxylation is 3. The maximum atomic E-state index is 5.96. The van der Waals surface area contributed by atoms with Gasteiger partial charge in [0.2, 0.25) is 0 Å². The van der Waals surface area contributed by atoms with Gasteiger partial charge in [-0.15, -0.1) is 0 Å². The van der Waals surface area contributed by atoms with Crippen LogP contribution in [0.15, 0.2) is 16.7 Å². The highest BCUT2D eigenvalue weighted by atomic mass is 16.3. The number of nitrogens with two attached hydrogens (primary N) is 1. The summed E-state index contributed by atoms with van der Waals surface area (Å²) in [5.74, 6) is 1.75. The minimum atomic E-state index is 0.706. The van der Waals surface area contributed by atoms with E-state index in [1.165, 1.54) is 0 Å². The summed E-state index contributed by atoms with van der Waals surface area (Å²) in [6, 6.07) is 1.98. The van der Waals surface area contributed by atoms with Gasteiger partial charge in [-0.25, -0.2) is 0 Å². The summed E-state index contributed by atoms with van der Waals surface area (Å²) in [5.41, 5.74) is 8.48. The van der Waals surface area contributed by atoms with Gasteiger partial charge >= 0.3 is 0 Å². The fourth-order valence-electron chi connectivity index (χ4n) is 1.86. The van der Waals surface area contributed by atoms with Gasteiger partial charge in [-0.1, -0.05) is 6.92 Å². The molecule has 4 heteroatoms. The first-order chi connectivity index (χ1) is 7.61. The van der Waals surface area contributed by atoms with Crippen molar-refractivity contribution in [2.24, 2.45) is 0 Å². The van der Waals surface area contributed by atoms with Gasteiger partial charge in [0.1, 0.15) is 17.2 Å². The van der Waals surface area contributed by atoms with Crippen molar-refractivity contribution in [2.45, 2.75) is 33.7 Å². The third-order valence-electron chi connectivity index (χ3n) is 2.54. The second-order valence-corrected chi connectivity index (χ2v) is 4.02. The third-order valence-corrected chi connectivity index (χ3v) is 2.54. The fourth-order valence-corrected chi connectivity index (χ4v) is 1.86. The summed E-state index contributed by atoms with van der Waals surface area (Å²) < 4.78 is 7.37. The quantitative estimate of drug-likeness (QED) is 0.863. The van der Waals surface area contributed by atoms with Gasteiger partial charge < -0.3 is 10.2 Å². The van der Waals surface area contributed by atoms with Crippen molar-refractivity contribution in [2.75, 3.05) is 5.73 Å². The van der Waals surface area contributed by atoms with E-state index in [9.17, 15) is 0 Å². The van der Waals surface area contributed by atoms with Crippen LogP contribution in [-0.4, -0.2) is 9.78 Å². The standard InChI is InChI=1S/C12H17N3O/c1-4-5-15-7-11(13)12(14-15)10-6-8(2)16-9(10)3/h6-7H,4-5,13H2,1-3H3. The average molecular weight is 219 g/mol. The molecule has 0 bridgehead atoms. The van der Waals surface area contributed by atoms with Crippen LogP contribution in [0.1, 0.15) is 24.9 Å². The highest BCUT2D eigenvalue weighted by Crippen LogP contribution is 2.29. The summed E-state index contributed by atoms with van der Waals surface area (Å²) in [6.45, 7) is 6.86. The molecule has 0 unspecified atom stereocenters. The highest BCUT2D eigenvalue weighted by molar-refractivity contribution is 5.73. The summed E-state index contributed by atoms with van der Waals surface area (Å²) in [4.78, 5) is 0. The van der Waals surface area contributed by atoms with Crippen molar-refractivity contribution < 1.29 is 4.42 Å². The predicted octanol–water partition coefficient (Wildman–Crippen LogP) is 2.75. The summed E-state index contributed by atoms with van der Waals surface area (Å²) in [5, 5.41) is 4.48. The van der Waals surface area contributed by atoms with Crippen molar-refractivity contribution in [1.29, 1.82) is 0 Å². The first kappa shape index (κ1) is 10.8. The Morgan fingerprint density at radius 1 is 1.44 bits per heavy atom. The Kier molecular flexibility index (Phi) is 2.73. The SMILES string of the molecule is CCCn1cc(N)c(-c2cc(C)oc2C)n1. The Labute approximate surface area is 95.1 Å². The van der Waals surface area contributed by atoms with E-state index in [1.54, 1.807) is 0 Å². The van der Waals surface area contributed by atoms with Crippen molar-refractivity contribution >= 4 is 5.69 Å². The molecule has 0 spiro atoms. The Balaban J connectivity index is 2.43. The maximum Gasteiger partial charge on any atom is 0.119 e. The van der Waals surface area contributed by atoms with Gasteiger partial charge in [0, 0.05) is 18.3 Å². The Hall–Kier alpha value is -1.71. The van der Waals surface area contributed by atoms with Gasteiger partial charge in [-0.3, -0.25) is 4.68 Å². The van der Waals surface area contributed by atoms with Crippen LogP contribution in [0.5, 0.6) is 0 Å². The minimum absolute atomic E-state index is 0.706. The van der Waals surface area contributed by atoms with E-state index < -0.39 is 0 Å². The zero-order valence-corrected chi connectivity index (χ0v) is 9.95. The second-order valence-electron chi connectivity index (χ2n) is 4.02. The van der Waals surface area contributed by atoms with Crippen LogP contribution in [0.3, 0.4) is 0 Å². The molecule has 4 nitrogen and oxygen atoms in total. The topological polar surface area (TPSA) is 57.0 Å². The van der Waals surface area contributed by atoms with Crippen LogP contribution in [0.4, 0.5) is 5.69 Å². The molecule has 0 saturated carbocycles. The highest BCUT2D eigenvalue weighted by Gasteiger charge is 2.14. The molecule has 0 radical (unpaired) electrons. The molecule has 0 fully saturated rings. The van der Waals surface area contributed by atoms with Crippen LogP contribution in [-0.2, 0) is 6.54 Å². The number of rotatable bonds is 3. The molecule has 0 aromatic carbocycles. The molecule has 0 amide bonds. The van der Waals surface area contributed by atoms with Crippen LogP contribution in [0, 0.1) is 13.8 Å². The molecule has 86 valence electrons. The van der Waals surface area contributed by atoms with Crippen molar-refractivity contribution in [3.05, 3.63) is 23.8 Å². The lowest BCUT2D eigenvalue weighted by Gasteiger charge is -1.96. The second kappa shape index (κ2) is 4.04. The van der Waals surface area contributed by atoms with E-state index in [2.05, 4.69) is 12.0 Å². The fraction of sp³-hybridized carbons (Fsp3) is 0.417. The molecule has 2 rings (SSSR count).